The molecule has 2 aliphatic heterocycles. The summed E-state index contributed by atoms with van der Waals surface area (Å²) in [5.74, 6) is -0.754. The summed E-state index contributed by atoms with van der Waals surface area (Å²) in [6.45, 7) is 0.891. The molecule has 178 valence electrons. The number of hydrazine groups is 1. The number of hydrogen-bond acceptors (Lipinski definition) is 6. The van der Waals surface area contributed by atoms with E-state index in [-0.39, 0.29) is 11.7 Å². The van der Waals surface area contributed by atoms with E-state index >= 15 is 0 Å². The number of para-hydroxylation sites is 1. The third-order valence-electron chi connectivity index (χ3n) is 6.93. The van der Waals surface area contributed by atoms with Crippen LogP contribution in [0, 0.1) is 0 Å². The lowest BCUT2D eigenvalue weighted by Gasteiger charge is -2.37. The van der Waals surface area contributed by atoms with Gasteiger partial charge in [-0.3, -0.25) is 20.3 Å². The number of anilines is 1. The smallest absolute Gasteiger partial charge is 0.343 e. The summed E-state index contributed by atoms with van der Waals surface area (Å²) in [6, 6.07) is 13.3. The predicted octanol–water partition coefficient (Wildman–Crippen LogP) is 2.38. The van der Waals surface area contributed by atoms with Gasteiger partial charge in [0.1, 0.15) is 5.54 Å². The largest absolute Gasteiger partial charge is 0.365 e. The zero-order valence-electron chi connectivity index (χ0n) is 18.6. The molecule has 4 amide bonds. The Bertz CT molecular complexity index is 1250. The molecule has 0 bridgehead atoms. The molecule has 2 heterocycles. The summed E-state index contributed by atoms with van der Waals surface area (Å²) in [5.41, 5.74) is 3.60. The number of imide groups is 1. The van der Waals surface area contributed by atoms with E-state index in [4.69, 9.17) is 0 Å². The molecule has 5 rings (SSSR count). The van der Waals surface area contributed by atoms with Crippen LogP contribution < -0.4 is 15.6 Å². The molecule has 0 aromatic heterocycles. The molecule has 0 unspecified atom stereocenters. The standard InChI is InChI=1S/C24H26N4O5S/c29-21(26-28-23(31)25-22(30)24(28)12-4-1-5-13-24)18-10-8-17(9-11-18)16-27-14-15-34(32,33)20-7-3-2-6-19(20)27/h2-3,6-11H,1,4-5,12-16H2,(H,26,29)(H,25,30,31). The van der Waals surface area contributed by atoms with Crippen LogP contribution in [0.25, 0.3) is 0 Å². The van der Waals surface area contributed by atoms with Crippen LogP contribution in [0.2, 0.25) is 0 Å². The number of hydrogen-bond donors (Lipinski definition) is 2. The van der Waals surface area contributed by atoms with E-state index in [1.54, 1.807) is 30.3 Å². The number of benzene rings is 2. The average molecular weight is 483 g/mol. The molecule has 2 aromatic carbocycles. The first-order valence-electron chi connectivity index (χ1n) is 11.4. The van der Waals surface area contributed by atoms with Crippen LogP contribution in [0.3, 0.4) is 0 Å². The number of nitrogens with one attached hydrogen (secondary N) is 2. The third kappa shape index (κ3) is 3.81. The van der Waals surface area contributed by atoms with Gasteiger partial charge in [-0.05, 0) is 42.7 Å². The van der Waals surface area contributed by atoms with Crippen LogP contribution in [0.5, 0.6) is 0 Å². The maximum absolute atomic E-state index is 12.9. The monoisotopic (exact) mass is 482 g/mol. The summed E-state index contributed by atoms with van der Waals surface area (Å²) >= 11 is 0. The van der Waals surface area contributed by atoms with Gasteiger partial charge in [0.25, 0.3) is 11.8 Å². The Morgan fingerprint density at radius 1 is 1.00 bits per heavy atom. The van der Waals surface area contributed by atoms with Crippen LogP contribution in [0.4, 0.5) is 10.5 Å². The Kier molecular flexibility index (Phi) is 5.55. The van der Waals surface area contributed by atoms with Gasteiger partial charge in [0.05, 0.1) is 16.3 Å². The van der Waals surface area contributed by atoms with Crippen molar-refractivity contribution < 1.29 is 22.8 Å². The van der Waals surface area contributed by atoms with E-state index in [0.29, 0.717) is 42.1 Å². The summed E-state index contributed by atoms with van der Waals surface area (Å²) < 4.78 is 24.7. The summed E-state index contributed by atoms with van der Waals surface area (Å²) in [5, 5.41) is 3.51. The zero-order chi connectivity index (χ0) is 23.9. The Morgan fingerprint density at radius 3 is 2.44 bits per heavy atom. The van der Waals surface area contributed by atoms with Crippen molar-refractivity contribution in [3.05, 3.63) is 59.7 Å². The van der Waals surface area contributed by atoms with E-state index in [0.717, 1.165) is 24.8 Å². The number of urea groups is 1. The molecule has 1 saturated carbocycles. The molecule has 1 saturated heterocycles. The van der Waals surface area contributed by atoms with Crippen molar-refractivity contribution >= 4 is 33.4 Å². The molecule has 0 radical (unpaired) electrons. The van der Waals surface area contributed by atoms with E-state index in [9.17, 15) is 22.8 Å². The lowest BCUT2D eigenvalue weighted by molar-refractivity contribution is -0.129. The Labute approximate surface area is 198 Å². The molecule has 34 heavy (non-hydrogen) atoms. The maximum atomic E-state index is 12.9. The minimum atomic E-state index is -3.27. The summed E-state index contributed by atoms with van der Waals surface area (Å²) in [4.78, 5) is 40.1. The van der Waals surface area contributed by atoms with Gasteiger partial charge in [-0.25, -0.2) is 18.2 Å². The minimum absolute atomic E-state index is 0.0584. The highest BCUT2D eigenvalue weighted by Gasteiger charge is 2.54. The van der Waals surface area contributed by atoms with Crippen LogP contribution in [0.1, 0.15) is 48.0 Å². The number of carbonyl (C=O) groups excluding carboxylic acids is 3. The van der Waals surface area contributed by atoms with Crippen molar-refractivity contribution in [2.75, 3.05) is 17.2 Å². The number of carbonyl (C=O) groups is 3. The second-order valence-electron chi connectivity index (χ2n) is 9.03. The first-order chi connectivity index (χ1) is 16.3. The van der Waals surface area contributed by atoms with Gasteiger partial charge in [-0.15, -0.1) is 0 Å². The first kappa shape index (κ1) is 22.4. The van der Waals surface area contributed by atoms with Gasteiger partial charge >= 0.3 is 6.03 Å². The highest BCUT2D eigenvalue weighted by Crippen LogP contribution is 2.36. The van der Waals surface area contributed by atoms with E-state index in [1.165, 1.54) is 5.01 Å². The highest BCUT2D eigenvalue weighted by atomic mass is 32.2. The molecule has 1 spiro atoms. The van der Waals surface area contributed by atoms with Crippen LogP contribution in [0.15, 0.2) is 53.4 Å². The molecule has 0 atom stereocenters. The van der Waals surface area contributed by atoms with Crippen molar-refractivity contribution in [1.82, 2.24) is 15.8 Å². The Hall–Kier alpha value is -3.40. The highest BCUT2D eigenvalue weighted by molar-refractivity contribution is 7.91. The van der Waals surface area contributed by atoms with Crippen molar-refractivity contribution in [1.29, 1.82) is 0 Å². The third-order valence-corrected chi connectivity index (χ3v) is 8.66. The molecule has 10 heteroatoms. The lowest BCUT2D eigenvalue weighted by atomic mass is 9.81. The van der Waals surface area contributed by atoms with Gasteiger partial charge in [0, 0.05) is 18.7 Å². The van der Waals surface area contributed by atoms with Crippen LogP contribution >= 0.6 is 0 Å². The van der Waals surface area contributed by atoms with Crippen LogP contribution in [-0.2, 0) is 21.2 Å². The summed E-state index contributed by atoms with van der Waals surface area (Å²) in [7, 11) is -3.27. The van der Waals surface area contributed by atoms with Gasteiger partial charge < -0.3 is 4.90 Å². The quantitative estimate of drug-likeness (QED) is 0.647. The van der Waals surface area contributed by atoms with Gasteiger partial charge in [-0.2, -0.15) is 0 Å². The van der Waals surface area contributed by atoms with E-state index < -0.39 is 27.3 Å². The fraction of sp³-hybridized carbons (Fsp3) is 0.375. The van der Waals surface area contributed by atoms with Gasteiger partial charge in [0.15, 0.2) is 9.84 Å². The summed E-state index contributed by atoms with van der Waals surface area (Å²) in [6.07, 6.45) is 3.69. The predicted molar refractivity (Wildman–Crippen MR) is 125 cm³/mol. The number of nitrogens with zero attached hydrogens (tertiary/aromatic N) is 2. The SMILES string of the molecule is O=C(NN1C(=O)NC(=O)C12CCCCC2)c1ccc(CN2CCS(=O)(=O)c3ccccc32)cc1. The molecule has 2 aromatic rings. The molecule has 3 aliphatic rings. The molecular weight excluding hydrogens is 456 g/mol. The second kappa shape index (κ2) is 8.43. The van der Waals surface area contributed by atoms with E-state index in [2.05, 4.69) is 10.7 Å². The van der Waals surface area contributed by atoms with Gasteiger partial charge in [0.2, 0.25) is 0 Å². The lowest BCUT2D eigenvalue weighted by Crippen LogP contribution is -2.58. The topological polar surface area (TPSA) is 116 Å². The second-order valence-corrected chi connectivity index (χ2v) is 11.1. The fourth-order valence-electron chi connectivity index (χ4n) is 5.06. The normalized spacial score (nSPS) is 20.7. The van der Waals surface area contributed by atoms with Gasteiger partial charge in [-0.1, -0.05) is 43.5 Å². The maximum Gasteiger partial charge on any atom is 0.343 e. The number of sulfone groups is 1. The number of fused-ring (bicyclic) bond motifs is 1. The minimum Gasteiger partial charge on any atom is -0.365 e. The molecule has 1 aliphatic carbocycles. The molecule has 2 N–H and O–H groups in total. The average Bonchev–Trinajstić information content (AvgIpc) is 3.05. The molecule has 9 nitrogen and oxygen atoms in total. The van der Waals surface area contributed by atoms with Crippen molar-refractivity contribution in [2.24, 2.45) is 0 Å². The van der Waals surface area contributed by atoms with Crippen LogP contribution in [-0.4, -0.2) is 49.1 Å². The number of rotatable bonds is 4. The van der Waals surface area contributed by atoms with Crippen molar-refractivity contribution in [2.45, 2.75) is 49.1 Å². The van der Waals surface area contributed by atoms with E-state index in [1.807, 2.05) is 23.1 Å². The Morgan fingerprint density at radius 2 is 1.71 bits per heavy atom. The van der Waals surface area contributed by atoms with Crippen molar-refractivity contribution in [3.63, 3.8) is 0 Å². The first-order valence-corrected chi connectivity index (χ1v) is 13.1. The fourth-order valence-corrected chi connectivity index (χ4v) is 6.55. The zero-order valence-corrected chi connectivity index (χ0v) is 19.4. The van der Waals surface area contributed by atoms with Crippen molar-refractivity contribution in [3.8, 4) is 0 Å². The number of amides is 4. The molecule has 2 fully saturated rings. The molecular formula is C24H26N4O5S. The Balaban J connectivity index is 1.30.